The van der Waals surface area contributed by atoms with Gasteiger partial charge >= 0.3 is 0 Å². The topological polar surface area (TPSA) is 65.8 Å². The van der Waals surface area contributed by atoms with Gasteiger partial charge in [0.15, 0.2) is 11.4 Å². The van der Waals surface area contributed by atoms with Crippen LogP contribution in [0.3, 0.4) is 0 Å². The van der Waals surface area contributed by atoms with Crippen LogP contribution in [-0.4, -0.2) is 40.0 Å². The summed E-state index contributed by atoms with van der Waals surface area (Å²) < 4.78 is 30.2. The van der Waals surface area contributed by atoms with E-state index in [4.69, 9.17) is 0 Å². The second kappa shape index (κ2) is 7.16. The normalized spacial score (nSPS) is 24.6. The molecule has 2 aliphatic carbocycles. The summed E-state index contributed by atoms with van der Waals surface area (Å²) in [5.74, 6) is -1.64. The molecule has 3 atom stereocenters. The minimum Gasteiger partial charge on any atom is -0.502 e. The van der Waals surface area contributed by atoms with Crippen LogP contribution in [0.4, 0.5) is 8.78 Å². The van der Waals surface area contributed by atoms with Gasteiger partial charge in [0.25, 0.3) is 5.91 Å². The molecule has 1 aliphatic heterocycles. The van der Waals surface area contributed by atoms with Crippen molar-refractivity contribution in [3.8, 4) is 5.75 Å². The van der Waals surface area contributed by atoms with Crippen LogP contribution in [0.15, 0.2) is 59.5 Å². The van der Waals surface area contributed by atoms with Gasteiger partial charge in [0.2, 0.25) is 5.43 Å². The van der Waals surface area contributed by atoms with Gasteiger partial charge in [-0.25, -0.2) is 8.78 Å². The Morgan fingerprint density at radius 2 is 1.82 bits per heavy atom. The summed E-state index contributed by atoms with van der Waals surface area (Å²) in [7, 11) is 0. The second-order valence-corrected chi connectivity index (χ2v) is 9.18. The zero-order chi connectivity index (χ0) is 23.8. The molecule has 0 fully saturated rings. The number of rotatable bonds is 3. The monoisotopic (exact) mass is 463 g/mol. The minimum atomic E-state index is -0.876. The molecule has 0 radical (unpaired) electrons. The van der Waals surface area contributed by atoms with Crippen LogP contribution in [0.25, 0.3) is 0 Å². The minimum absolute atomic E-state index is 0.0610. The maximum atomic E-state index is 15.1. The summed E-state index contributed by atoms with van der Waals surface area (Å²) in [6.45, 7) is 0.826. The standard InChI is InChI=1S/C26H23F2N3O3/c1-15-29(12-10-27)25(34)23-24(33)22(32)9-11-30(23)31(15)26-17(13-16-5-2-3-6-19(16)26)14-18-20(26)7-4-8-21(18)28/h2-9,11,15,17,33H,10,12-14H2,1H3. The maximum absolute atomic E-state index is 15.1. The smallest absolute Gasteiger partial charge is 0.278 e. The van der Waals surface area contributed by atoms with Crippen LogP contribution in [0.1, 0.15) is 39.7 Å². The predicted molar refractivity (Wildman–Crippen MR) is 122 cm³/mol. The summed E-state index contributed by atoms with van der Waals surface area (Å²) in [4.78, 5) is 27.0. The van der Waals surface area contributed by atoms with Gasteiger partial charge in [0.05, 0.1) is 6.54 Å². The van der Waals surface area contributed by atoms with Gasteiger partial charge in [-0.1, -0.05) is 36.4 Å². The van der Waals surface area contributed by atoms with Crippen molar-refractivity contribution in [1.29, 1.82) is 0 Å². The lowest BCUT2D eigenvalue weighted by Gasteiger charge is -2.54. The molecule has 174 valence electrons. The number of pyridine rings is 1. The third kappa shape index (κ3) is 2.43. The Morgan fingerprint density at radius 3 is 2.62 bits per heavy atom. The number of hydrogen-bond donors (Lipinski definition) is 1. The number of benzene rings is 2. The SMILES string of the molecule is CC1N(CCF)C(=O)c2c(O)c(=O)ccn2N1C12c3ccccc3CC1Cc1c(F)cccc12. The highest BCUT2D eigenvalue weighted by molar-refractivity contribution is 5.96. The Bertz CT molecular complexity index is 1400. The van der Waals surface area contributed by atoms with Crippen LogP contribution in [0, 0.1) is 11.7 Å². The lowest BCUT2D eigenvalue weighted by molar-refractivity contribution is 0.0499. The molecule has 0 saturated heterocycles. The highest BCUT2D eigenvalue weighted by Gasteiger charge is 2.60. The zero-order valence-electron chi connectivity index (χ0n) is 18.5. The van der Waals surface area contributed by atoms with Crippen LogP contribution >= 0.6 is 0 Å². The fourth-order valence-corrected chi connectivity index (χ4v) is 6.45. The quantitative estimate of drug-likeness (QED) is 0.649. The lowest BCUT2D eigenvalue weighted by Crippen LogP contribution is -2.68. The van der Waals surface area contributed by atoms with Crippen molar-refractivity contribution >= 4 is 5.91 Å². The van der Waals surface area contributed by atoms with Crippen molar-refractivity contribution in [2.75, 3.05) is 18.2 Å². The third-order valence-electron chi connectivity index (χ3n) is 7.71. The van der Waals surface area contributed by atoms with Gasteiger partial charge in [-0.2, -0.15) is 0 Å². The Labute approximate surface area is 194 Å². The molecule has 3 unspecified atom stereocenters. The summed E-state index contributed by atoms with van der Waals surface area (Å²) in [6.07, 6.45) is 2.04. The fourth-order valence-electron chi connectivity index (χ4n) is 6.45. The first kappa shape index (κ1) is 20.9. The summed E-state index contributed by atoms with van der Waals surface area (Å²) in [5, 5.41) is 12.6. The largest absolute Gasteiger partial charge is 0.502 e. The van der Waals surface area contributed by atoms with E-state index < -0.39 is 35.5 Å². The number of amides is 1. The first-order valence-corrected chi connectivity index (χ1v) is 11.4. The van der Waals surface area contributed by atoms with Gasteiger partial charge in [0.1, 0.15) is 24.2 Å². The summed E-state index contributed by atoms with van der Waals surface area (Å²) in [6, 6.07) is 14.2. The van der Waals surface area contributed by atoms with Gasteiger partial charge in [-0.3, -0.25) is 19.3 Å². The molecule has 2 heterocycles. The number of carbonyl (C=O) groups is 1. The highest BCUT2D eigenvalue weighted by atomic mass is 19.1. The molecular weight excluding hydrogens is 440 g/mol. The van der Waals surface area contributed by atoms with Crippen LogP contribution < -0.4 is 10.4 Å². The Hall–Kier alpha value is -3.68. The molecule has 6 rings (SSSR count). The summed E-state index contributed by atoms with van der Waals surface area (Å²) in [5.41, 5.74) is 1.74. The molecular formula is C26H23F2N3O3. The lowest BCUT2D eigenvalue weighted by atomic mass is 9.81. The molecule has 0 bridgehead atoms. The van der Waals surface area contributed by atoms with E-state index in [1.807, 2.05) is 29.3 Å². The molecule has 1 N–H and O–H groups in total. The van der Waals surface area contributed by atoms with Crippen molar-refractivity contribution in [3.63, 3.8) is 0 Å². The van der Waals surface area contributed by atoms with Crippen molar-refractivity contribution in [2.24, 2.45) is 5.92 Å². The van der Waals surface area contributed by atoms with E-state index in [1.165, 1.54) is 27.9 Å². The summed E-state index contributed by atoms with van der Waals surface area (Å²) >= 11 is 0. The molecule has 0 spiro atoms. The predicted octanol–water partition coefficient (Wildman–Crippen LogP) is 3.07. The molecule has 8 heteroatoms. The van der Waals surface area contributed by atoms with Gasteiger partial charge in [-0.05, 0) is 48.1 Å². The molecule has 2 aromatic carbocycles. The third-order valence-corrected chi connectivity index (χ3v) is 7.71. The Balaban J connectivity index is 1.72. The number of aromatic nitrogens is 1. The van der Waals surface area contributed by atoms with Crippen molar-refractivity contribution in [3.05, 3.63) is 98.7 Å². The first-order chi connectivity index (χ1) is 16.4. The molecule has 6 nitrogen and oxygen atoms in total. The number of halogens is 2. The van der Waals surface area contributed by atoms with E-state index in [0.29, 0.717) is 18.4 Å². The highest BCUT2D eigenvalue weighted by Crippen LogP contribution is 2.57. The first-order valence-electron chi connectivity index (χ1n) is 11.4. The molecule has 34 heavy (non-hydrogen) atoms. The Kier molecular flexibility index (Phi) is 4.40. The van der Waals surface area contributed by atoms with E-state index in [9.17, 15) is 19.1 Å². The fraction of sp³-hybridized carbons (Fsp3) is 0.308. The molecule has 1 aromatic heterocycles. The van der Waals surface area contributed by atoms with E-state index >= 15 is 4.39 Å². The number of aromatic hydroxyl groups is 1. The van der Waals surface area contributed by atoms with E-state index in [-0.39, 0.29) is 24.0 Å². The number of nitrogens with zero attached hydrogens (tertiary/aromatic N) is 3. The van der Waals surface area contributed by atoms with E-state index in [0.717, 1.165) is 16.7 Å². The average molecular weight is 463 g/mol. The van der Waals surface area contributed by atoms with Crippen molar-refractivity contribution in [2.45, 2.75) is 31.5 Å². The van der Waals surface area contributed by atoms with E-state index in [1.54, 1.807) is 13.0 Å². The van der Waals surface area contributed by atoms with Gasteiger partial charge < -0.3 is 10.0 Å². The van der Waals surface area contributed by atoms with Gasteiger partial charge in [0, 0.05) is 18.2 Å². The number of alkyl halides is 1. The number of hydrogen-bond acceptors (Lipinski definition) is 4. The van der Waals surface area contributed by atoms with Crippen LogP contribution in [0.2, 0.25) is 0 Å². The molecule has 1 amide bonds. The molecule has 0 saturated carbocycles. The maximum Gasteiger partial charge on any atom is 0.278 e. The second-order valence-electron chi connectivity index (χ2n) is 9.18. The van der Waals surface area contributed by atoms with Gasteiger partial charge in [-0.15, -0.1) is 0 Å². The number of carbonyl (C=O) groups excluding carboxylic acids is 1. The van der Waals surface area contributed by atoms with Crippen LogP contribution in [0.5, 0.6) is 5.75 Å². The molecule has 3 aromatic rings. The Morgan fingerprint density at radius 1 is 1.06 bits per heavy atom. The van der Waals surface area contributed by atoms with Crippen LogP contribution in [-0.2, 0) is 18.4 Å². The average Bonchev–Trinajstić information content (AvgIpc) is 3.31. The van der Waals surface area contributed by atoms with Crippen molar-refractivity contribution in [1.82, 2.24) is 9.58 Å². The van der Waals surface area contributed by atoms with Crippen molar-refractivity contribution < 1.29 is 18.7 Å². The molecule has 3 aliphatic rings. The van der Waals surface area contributed by atoms with E-state index in [2.05, 4.69) is 6.07 Å². The number of fused-ring (bicyclic) bond motifs is 6. The zero-order valence-corrected chi connectivity index (χ0v) is 18.5.